The summed E-state index contributed by atoms with van der Waals surface area (Å²) < 4.78 is 10.8. The summed E-state index contributed by atoms with van der Waals surface area (Å²) in [6.07, 6.45) is 1.95. The molecule has 1 aromatic carbocycles. The summed E-state index contributed by atoms with van der Waals surface area (Å²) >= 11 is 11.8. The van der Waals surface area contributed by atoms with Crippen LogP contribution >= 0.6 is 23.2 Å². The van der Waals surface area contributed by atoms with Crippen molar-refractivity contribution >= 4 is 29.1 Å². The Morgan fingerprint density at radius 3 is 2.74 bits per heavy atom. The SMILES string of the molecule is COCC1(CNC(=O)COc2ccc(Cl)cc2Cl)CCNCC1. The average Bonchev–Trinajstić information content (AvgIpc) is 2.53. The number of ether oxygens (including phenoxy) is 2. The van der Waals surface area contributed by atoms with E-state index in [-0.39, 0.29) is 17.9 Å². The molecule has 2 N–H and O–H groups in total. The molecule has 23 heavy (non-hydrogen) atoms. The van der Waals surface area contributed by atoms with Crippen LogP contribution in [0.25, 0.3) is 0 Å². The van der Waals surface area contributed by atoms with Crippen molar-refractivity contribution in [1.82, 2.24) is 10.6 Å². The number of methoxy groups -OCH3 is 1. The van der Waals surface area contributed by atoms with E-state index in [1.54, 1.807) is 25.3 Å². The maximum absolute atomic E-state index is 12.0. The molecule has 0 spiro atoms. The van der Waals surface area contributed by atoms with Gasteiger partial charge in [-0.15, -0.1) is 0 Å². The van der Waals surface area contributed by atoms with Gasteiger partial charge in [0.05, 0.1) is 11.6 Å². The third kappa shape index (κ3) is 5.53. The first-order chi connectivity index (χ1) is 11.0. The summed E-state index contributed by atoms with van der Waals surface area (Å²) in [7, 11) is 1.69. The zero-order valence-electron chi connectivity index (χ0n) is 13.2. The number of carbonyl (C=O) groups excluding carboxylic acids is 1. The van der Waals surface area contributed by atoms with Gasteiger partial charge in [-0.25, -0.2) is 0 Å². The quantitative estimate of drug-likeness (QED) is 0.784. The molecular formula is C16H22Cl2N2O3. The van der Waals surface area contributed by atoms with Crippen molar-refractivity contribution in [3.63, 3.8) is 0 Å². The summed E-state index contributed by atoms with van der Waals surface area (Å²) in [5.41, 5.74) is -0.00637. The first-order valence-corrected chi connectivity index (χ1v) is 8.34. The lowest BCUT2D eigenvalue weighted by atomic mass is 9.79. The molecular weight excluding hydrogens is 339 g/mol. The van der Waals surface area contributed by atoms with E-state index < -0.39 is 0 Å². The van der Waals surface area contributed by atoms with E-state index in [0.717, 1.165) is 25.9 Å². The number of carbonyl (C=O) groups is 1. The first kappa shape index (κ1) is 18.3. The Morgan fingerprint density at radius 2 is 2.09 bits per heavy atom. The molecule has 0 atom stereocenters. The number of hydrogen-bond donors (Lipinski definition) is 2. The summed E-state index contributed by atoms with van der Waals surface area (Å²) in [5.74, 6) is 0.268. The van der Waals surface area contributed by atoms with E-state index in [1.165, 1.54) is 0 Å². The second-order valence-corrected chi connectivity index (χ2v) is 6.67. The largest absolute Gasteiger partial charge is 0.482 e. The van der Waals surface area contributed by atoms with Crippen LogP contribution in [0.2, 0.25) is 10.0 Å². The maximum Gasteiger partial charge on any atom is 0.257 e. The number of hydrogen-bond acceptors (Lipinski definition) is 4. The van der Waals surface area contributed by atoms with E-state index in [9.17, 15) is 4.79 Å². The zero-order chi connectivity index (χ0) is 16.7. The Balaban J connectivity index is 1.81. The minimum Gasteiger partial charge on any atom is -0.482 e. The van der Waals surface area contributed by atoms with Gasteiger partial charge in [0.25, 0.3) is 5.91 Å². The highest BCUT2D eigenvalue weighted by Gasteiger charge is 2.32. The van der Waals surface area contributed by atoms with Crippen LogP contribution in [0, 0.1) is 5.41 Å². The smallest absolute Gasteiger partial charge is 0.257 e. The first-order valence-electron chi connectivity index (χ1n) is 7.59. The van der Waals surface area contributed by atoms with Crippen molar-refractivity contribution in [3.05, 3.63) is 28.2 Å². The predicted molar refractivity (Wildman–Crippen MR) is 91.4 cm³/mol. The third-order valence-electron chi connectivity index (χ3n) is 4.03. The molecule has 0 radical (unpaired) electrons. The summed E-state index contributed by atoms with van der Waals surface area (Å²) in [4.78, 5) is 12.0. The number of halogens is 2. The molecule has 1 saturated heterocycles. The van der Waals surface area contributed by atoms with Crippen LogP contribution in [0.5, 0.6) is 5.75 Å². The summed E-state index contributed by atoms with van der Waals surface area (Å²) in [5, 5.41) is 7.18. The lowest BCUT2D eigenvalue weighted by Gasteiger charge is -2.37. The minimum absolute atomic E-state index is 0.00637. The van der Waals surface area contributed by atoms with E-state index in [4.69, 9.17) is 32.7 Å². The molecule has 7 heteroatoms. The Kier molecular flexibility index (Phi) is 6.96. The van der Waals surface area contributed by atoms with Gasteiger partial charge in [0.1, 0.15) is 5.75 Å². The average molecular weight is 361 g/mol. The van der Waals surface area contributed by atoms with Crippen molar-refractivity contribution in [2.75, 3.05) is 40.0 Å². The fourth-order valence-electron chi connectivity index (χ4n) is 2.71. The molecule has 1 amide bonds. The molecule has 1 heterocycles. The van der Waals surface area contributed by atoms with Crippen LogP contribution in [-0.4, -0.2) is 45.9 Å². The highest BCUT2D eigenvalue weighted by atomic mass is 35.5. The molecule has 0 saturated carbocycles. The zero-order valence-corrected chi connectivity index (χ0v) is 14.7. The third-order valence-corrected chi connectivity index (χ3v) is 4.56. The fourth-order valence-corrected chi connectivity index (χ4v) is 3.17. The van der Waals surface area contributed by atoms with Crippen molar-refractivity contribution in [3.8, 4) is 5.75 Å². The maximum atomic E-state index is 12.0. The van der Waals surface area contributed by atoms with Crippen LogP contribution in [0.3, 0.4) is 0 Å². The predicted octanol–water partition coefficient (Wildman–Crippen LogP) is 2.50. The van der Waals surface area contributed by atoms with Gasteiger partial charge in [-0.2, -0.15) is 0 Å². The topological polar surface area (TPSA) is 59.6 Å². The van der Waals surface area contributed by atoms with Crippen LogP contribution in [0.1, 0.15) is 12.8 Å². The normalized spacial score (nSPS) is 16.8. The molecule has 5 nitrogen and oxygen atoms in total. The van der Waals surface area contributed by atoms with Gasteiger partial charge in [-0.05, 0) is 44.1 Å². The highest BCUT2D eigenvalue weighted by Crippen LogP contribution is 2.29. The summed E-state index contributed by atoms with van der Waals surface area (Å²) in [6, 6.07) is 4.90. The lowest BCUT2D eigenvalue weighted by Crippen LogP contribution is -2.47. The molecule has 0 aromatic heterocycles. The van der Waals surface area contributed by atoms with Crippen molar-refractivity contribution < 1.29 is 14.3 Å². The number of nitrogens with one attached hydrogen (secondary N) is 2. The second kappa shape index (κ2) is 8.73. The lowest BCUT2D eigenvalue weighted by molar-refractivity contribution is -0.124. The van der Waals surface area contributed by atoms with Crippen molar-refractivity contribution in [2.24, 2.45) is 5.41 Å². The fraction of sp³-hybridized carbons (Fsp3) is 0.562. The molecule has 0 unspecified atom stereocenters. The van der Waals surface area contributed by atoms with Gasteiger partial charge < -0.3 is 20.1 Å². The molecule has 0 bridgehead atoms. The van der Waals surface area contributed by atoms with E-state index >= 15 is 0 Å². The Hall–Kier alpha value is -1.01. The number of benzene rings is 1. The van der Waals surface area contributed by atoms with Crippen LogP contribution in [0.4, 0.5) is 0 Å². The Labute approximate surface area is 146 Å². The standard InChI is InChI=1S/C16H22Cl2N2O3/c1-22-11-16(4-6-19-7-5-16)10-20-15(21)9-23-14-3-2-12(17)8-13(14)18/h2-3,8,19H,4-7,9-11H2,1H3,(H,20,21). The van der Waals surface area contributed by atoms with Gasteiger partial charge in [0, 0.05) is 24.1 Å². The van der Waals surface area contributed by atoms with Gasteiger partial charge in [0.2, 0.25) is 0 Å². The van der Waals surface area contributed by atoms with Gasteiger partial charge >= 0.3 is 0 Å². The molecule has 1 aliphatic rings. The molecule has 128 valence electrons. The van der Waals surface area contributed by atoms with Crippen LogP contribution in [0.15, 0.2) is 18.2 Å². The number of amides is 1. The van der Waals surface area contributed by atoms with E-state index in [2.05, 4.69) is 10.6 Å². The number of rotatable bonds is 7. The minimum atomic E-state index is -0.176. The van der Waals surface area contributed by atoms with E-state index in [1.807, 2.05) is 0 Å². The Bertz CT molecular complexity index is 529. The van der Waals surface area contributed by atoms with E-state index in [0.29, 0.717) is 28.9 Å². The van der Waals surface area contributed by atoms with Crippen molar-refractivity contribution in [1.29, 1.82) is 0 Å². The monoisotopic (exact) mass is 360 g/mol. The molecule has 1 aliphatic heterocycles. The Morgan fingerprint density at radius 1 is 1.35 bits per heavy atom. The molecule has 2 rings (SSSR count). The van der Waals surface area contributed by atoms with Crippen molar-refractivity contribution in [2.45, 2.75) is 12.8 Å². The number of piperidine rings is 1. The van der Waals surface area contributed by atoms with Crippen LogP contribution in [-0.2, 0) is 9.53 Å². The second-order valence-electron chi connectivity index (χ2n) is 5.82. The molecule has 0 aliphatic carbocycles. The van der Waals surface area contributed by atoms with Gasteiger partial charge in [-0.3, -0.25) is 4.79 Å². The van der Waals surface area contributed by atoms with Crippen LogP contribution < -0.4 is 15.4 Å². The highest BCUT2D eigenvalue weighted by molar-refractivity contribution is 6.35. The summed E-state index contributed by atoms with van der Waals surface area (Å²) in [6.45, 7) is 3.02. The van der Waals surface area contributed by atoms with Gasteiger partial charge in [-0.1, -0.05) is 23.2 Å². The molecule has 1 aromatic rings. The molecule has 1 fully saturated rings. The van der Waals surface area contributed by atoms with Gasteiger partial charge in [0.15, 0.2) is 6.61 Å².